The van der Waals surface area contributed by atoms with Crippen LogP contribution < -0.4 is 10.6 Å². The van der Waals surface area contributed by atoms with E-state index in [2.05, 4.69) is 34.7 Å². The molecule has 0 spiro atoms. The predicted molar refractivity (Wildman–Crippen MR) is 69.0 cm³/mol. The van der Waals surface area contributed by atoms with E-state index in [1.54, 1.807) is 0 Å². The van der Waals surface area contributed by atoms with Gasteiger partial charge < -0.3 is 10.6 Å². The van der Waals surface area contributed by atoms with Crippen molar-refractivity contribution in [3.8, 4) is 0 Å². The van der Waals surface area contributed by atoms with Crippen LogP contribution in [0.25, 0.3) is 0 Å². The summed E-state index contributed by atoms with van der Waals surface area (Å²) in [6.07, 6.45) is 0. The number of carbonyl (C=O) groups excluding carboxylic acids is 1. The van der Waals surface area contributed by atoms with Gasteiger partial charge in [-0.25, -0.2) is 0 Å². The Morgan fingerprint density at radius 2 is 2.35 bits per heavy atom. The summed E-state index contributed by atoms with van der Waals surface area (Å²) in [5, 5.41) is 6.22. The number of benzene rings is 1. The minimum Gasteiger partial charge on any atom is -0.326 e. The number of piperazine rings is 1. The van der Waals surface area contributed by atoms with Crippen LogP contribution in [0.4, 0.5) is 5.69 Å². The Balaban J connectivity index is 2.17. The second-order valence-corrected chi connectivity index (χ2v) is 4.51. The van der Waals surface area contributed by atoms with E-state index >= 15 is 0 Å². The number of nitrogens with zero attached hydrogens (tertiary/aromatic N) is 1. The van der Waals surface area contributed by atoms with Gasteiger partial charge in [-0.15, -0.1) is 0 Å². The summed E-state index contributed by atoms with van der Waals surface area (Å²) >= 11 is 0. The fraction of sp³-hybridized carbons (Fsp3) is 0.462. The van der Waals surface area contributed by atoms with Gasteiger partial charge >= 0.3 is 0 Å². The first-order valence-corrected chi connectivity index (χ1v) is 5.95. The highest BCUT2D eigenvalue weighted by atomic mass is 16.1. The molecule has 1 aliphatic rings. The van der Waals surface area contributed by atoms with E-state index in [9.17, 15) is 4.79 Å². The van der Waals surface area contributed by atoms with Crippen LogP contribution >= 0.6 is 0 Å². The molecule has 2 N–H and O–H groups in total. The summed E-state index contributed by atoms with van der Waals surface area (Å²) in [5.74, 6) is -0.0303. The van der Waals surface area contributed by atoms with Crippen molar-refractivity contribution >= 4 is 11.6 Å². The van der Waals surface area contributed by atoms with E-state index in [1.165, 1.54) is 12.5 Å². The van der Waals surface area contributed by atoms with Gasteiger partial charge in [0.05, 0.1) is 0 Å². The zero-order chi connectivity index (χ0) is 12.3. The molecule has 17 heavy (non-hydrogen) atoms. The summed E-state index contributed by atoms with van der Waals surface area (Å²) in [4.78, 5) is 13.4. The first-order chi connectivity index (χ1) is 8.16. The number of hydrogen-bond acceptors (Lipinski definition) is 3. The smallest absolute Gasteiger partial charge is 0.221 e. The van der Waals surface area contributed by atoms with Crippen LogP contribution in [-0.4, -0.2) is 37.5 Å². The molecule has 0 aromatic heterocycles. The highest BCUT2D eigenvalue weighted by molar-refractivity contribution is 5.88. The average molecular weight is 233 g/mol. The van der Waals surface area contributed by atoms with Gasteiger partial charge in [-0.3, -0.25) is 9.69 Å². The second kappa shape index (κ2) is 5.29. The van der Waals surface area contributed by atoms with Gasteiger partial charge in [0, 0.05) is 38.3 Å². The van der Waals surface area contributed by atoms with Crippen molar-refractivity contribution in [2.75, 3.05) is 32.0 Å². The SMILES string of the molecule is CC(=O)Nc1cccc(C2CNCCN2C)c1. The quantitative estimate of drug-likeness (QED) is 0.807. The minimum atomic E-state index is -0.0303. The van der Waals surface area contributed by atoms with Crippen molar-refractivity contribution in [3.05, 3.63) is 29.8 Å². The Hall–Kier alpha value is -1.39. The van der Waals surface area contributed by atoms with Crippen LogP contribution in [0.15, 0.2) is 24.3 Å². The van der Waals surface area contributed by atoms with Crippen molar-refractivity contribution in [1.82, 2.24) is 10.2 Å². The molecule has 1 heterocycles. The van der Waals surface area contributed by atoms with E-state index in [-0.39, 0.29) is 5.91 Å². The topological polar surface area (TPSA) is 44.4 Å². The molecule has 4 nitrogen and oxygen atoms in total. The Bertz CT molecular complexity index is 405. The van der Waals surface area contributed by atoms with Crippen molar-refractivity contribution < 1.29 is 4.79 Å². The maximum Gasteiger partial charge on any atom is 0.221 e. The third-order valence-electron chi connectivity index (χ3n) is 3.10. The van der Waals surface area contributed by atoms with Gasteiger partial charge in [0.2, 0.25) is 5.91 Å². The van der Waals surface area contributed by atoms with E-state index in [0.717, 1.165) is 25.3 Å². The summed E-state index contributed by atoms with van der Waals surface area (Å²) in [5.41, 5.74) is 2.11. The number of rotatable bonds is 2. The molecular formula is C13H19N3O. The largest absolute Gasteiger partial charge is 0.326 e. The highest BCUT2D eigenvalue weighted by Crippen LogP contribution is 2.23. The molecule has 1 aromatic carbocycles. The molecular weight excluding hydrogens is 214 g/mol. The third-order valence-corrected chi connectivity index (χ3v) is 3.10. The number of carbonyl (C=O) groups is 1. The van der Waals surface area contributed by atoms with Crippen LogP contribution in [0.5, 0.6) is 0 Å². The molecule has 1 unspecified atom stereocenters. The summed E-state index contributed by atoms with van der Waals surface area (Å²) in [6, 6.07) is 8.46. The van der Waals surface area contributed by atoms with Crippen LogP contribution in [-0.2, 0) is 4.79 Å². The minimum absolute atomic E-state index is 0.0303. The van der Waals surface area contributed by atoms with Gasteiger partial charge in [-0.05, 0) is 24.7 Å². The van der Waals surface area contributed by atoms with E-state index in [0.29, 0.717) is 6.04 Å². The standard InChI is InChI=1S/C13H19N3O/c1-10(17)15-12-5-3-4-11(8-12)13-9-14-6-7-16(13)2/h3-5,8,13-14H,6-7,9H2,1-2H3,(H,15,17). The van der Waals surface area contributed by atoms with E-state index in [4.69, 9.17) is 0 Å². The lowest BCUT2D eigenvalue weighted by Gasteiger charge is -2.33. The number of nitrogens with one attached hydrogen (secondary N) is 2. The summed E-state index contributed by atoms with van der Waals surface area (Å²) in [6.45, 7) is 4.58. The maximum absolute atomic E-state index is 11.0. The van der Waals surface area contributed by atoms with E-state index in [1.807, 2.05) is 12.1 Å². The summed E-state index contributed by atoms with van der Waals surface area (Å²) in [7, 11) is 2.14. The number of amides is 1. The van der Waals surface area contributed by atoms with Gasteiger partial charge in [-0.2, -0.15) is 0 Å². The molecule has 1 aliphatic heterocycles. The van der Waals surface area contributed by atoms with Crippen molar-refractivity contribution in [1.29, 1.82) is 0 Å². The molecule has 0 radical (unpaired) electrons. The van der Waals surface area contributed by atoms with Crippen LogP contribution in [0, 0.1) is 0 Å². The Kier molecular flexibility index (Phi) is 3.76. The normalized spacial score (nSPS) is 21.2. The molecule has 1 amide bonds. The molecule has 4 heteroatoms. The zero-order valence-electron chi connectivity index (χ0n) is 10.4. The van der Waals surface area contributed by atoms with Gasteiger partial charge in [-0.1, -0.05) is 12.1 Å². The maximum atomic E-state index is 11.0. The van der Waals surface area contributed by atoms with Crippen LogP contribution in [0.3, 0.4) is 0 Å². The molecule has 2 rings (SSSR count). The van der Waals surface area contributed by atoms with Crippen molar-refractivity contribution in [3.63, 3.8) is 0 Å². The van der Waals surface area contributed by atoms with Gasteiger partial charge in [0.25, 0.3) is 0 Å². The third kappa shape index (κ3) is 3.05. The Morgan fingerprint density at radius 1 is 1.53 bits per heavy atom. The molecule has 0 saturated carbocycles. The fourth-order valence-electron chi connectivity index (χ4n) is 2.21. The Morgan fingerprint density at radius 3 is 3.06 bits per heavy atom. The first kappa shape index (κ1) is 12.1. The average Bonchev–Trinajstić information content (AvgIpc) is 2.29. The molecule has 92 valence electrons. The fourth-order valence-corrected chi connectivity index (χ4v) is 2.21. The molecule has 1 fully saturated rings. The molecule has 1 saturated heterocycles. The van der Waals surface area contributed by atoms with Crippen molar-refractivity contribution in [2.24, 2.45) is 0 Å². The highest BCUT2D eigenvalue weighted by Gasteiger charge is 2.20. The molecule has 0 aliphatic carbocycles. The van der Waals surface area contributed by atoms with Crippen LogP contribution in [0.1, 0.15) is 18.5 Å². The Labute approximate surface area is 102 Å². The lowest BCUT2D eigenvalue weighted by Crippen LogP contribution is -2.43. The number of likely N-dealkylation sites (N-methyl/N-ethyl adjacent to an activating group) is 1. The predicted octanol–water partition coefficient (Wildman–Crippen LogP) is 1.22. The lowest BCUT2D eigenvalue weighted by atomic mass is 10.0. The number of hydrogen-bond donors (Lipinski definition) is 2. The second-order valence-electron chi connectivity index (χ2n) is 4.51. The zero-order valence-corrected chi connectivity index (χ0v) is 10.4. The molecule has 1 atom stereocenters. The van der Waals surface area contributed by atoms with Crippen molar-refractivity contribution in [2.45, 2.75) is 13.0 Å². The van der Waals surface area contributed by atoms with Gasteiger partial charge in [0.15, 0.2) is 0 Å². The molecule has 1 aromatic rings. The first-order valence-electron chi connectivity index (χ1n) is 5.95. The monoisotopic (exact) mass is 233 g/mol. The lowest BCUT2D eigenvalue weighted by molar-refractivity contribution is -0.114. The van der Waals surface area contributed by atoms with E-state index < -0.39 is 0 Å². The summed E-state index contributed by atoms with van der Waals surface area (Å²) < 4.78 is 0. The van der Waals surface area contributed by atoms with Crippen LogP contribution in [0.2, 0.25) is 0 Å². The number of anilines is 1. The van der Waals surface area contributed by atoms with Gasteiger partial charge in [0.1, 0.15) is 0 Å². The molecule has 0 bridgehead atoms.